The Kier molecular flexibility index (Phi) is 2.64. The Morgan fingerprint density at radius 1 is 0.944 bits per heavy atom. The number of hydrogen-bond acceptors (Lipinski definition) is 2. The lowest BCUT2D eigenvalue weighted by Gasteiger charge is -2.37. The molecule has 0 fully saturated rings. The van der Waals surface area contributed by atoms with Crippen LogP contribution in [0.25, 0.3) is 0 Å². The maximum absolute atomic E-state index is 6.18. The number of rotatable bonds is 1. The maximum Gasteiger partial charge on any atom is 0.449 e. The molecule has 3 rings (SSSR count). The van der Waals surface area contributed by atoms with E-state index in [2.05, 4.69) is 55.5 Å². The number of nitrogens with one attached hydrogen (secondary N) is 1. The van der Waals surface area contributed by atoms with Crippen molar-refractivity contribution >= 4 is 18.2 Å². The Labute approximate surface area is 108 Å². The van der Waals surface area contributed by atoms with E-state index in [-0.39, 0.29) is 12.7 Å². The predicted octanol–water partition coefficient (Wildman–Crippen LogP) is 2.76. The standard InChI is InChI=1S/C15H16BNO/c1-15(2)13-10-6-7-11-14(13)17-16(18-15)12-8-4-3-5-9-12/h3-11,17H,1-2H3. The minimum atomic E-state index is -0.275. The van der Waals surface area contributed by atoms with Crippen LogP contribution >= 0.6 is 0 Å². The third-order valence-corrected chi connectivity index (χ3v) is 3.38. The van der Waals surface area contributed by atoms with Crippen molar-refractivity contribution in [3.63, 3.8) is 0 Å². The van der Waals surface area contributed by atoms with Crippen LogP contribution in [0.3, 0.4) is 0 Å². The second-order valence-electron chi connectivity index (χ2n) is 5.11. The van der Waals surface area contributed by atoms with E-state index in [1.54, 1.807) is 0 Å². The van der Waals surface area contributed by atoms with Gasteiger partial charge in [0.2, 0.25) is 0 Å². The van der Waals surface area contributed by atoms with Crippen molar-refractivity contribution < 1.29 is 4.65 Å². The van der Waals surface area contributed by atoms with Gasteiger partial charge in [0.25, 0.3) is 0 Å². The molecule has 2 aromatic carbocycles. The van der Waals surface area contributed by atoms with Gasteiger partial charge in [0.05, 0.1) is 5.60 Å². The maximum atomic E-state index is 6.18. The van der Waals surface area contributed by atoms with Gasteiger partial charge in [0, 0.05) is 11.3 Å². The third kappa shape index (κ3) is 1.91. The van der Waals surface area contributed by atoms with E-state index in [0.29, 0.717) is 0 Å². The van der Waals surface area contributed by atoms with Gasteiger partial charge in [-0.25, -0.2) is 0 Å². The highest BCUT2D eigenvalue weighted by molar-refractivity contribution is 6.70. The number of benzene rings is 2. The van der Waals surface area contributed by atoms with E-state index in [9.17, 15) is 0 Å². The molecule has 2 nitrogen and oxygen atoms in total. The van der Waals surface area contributed by atoms with E-state index in [4.69, 9.17) is 4.65 Å². The van der Waals surface area contributed by atoms with Gasteiger partial charge in [-0.1, -0.05) is 48.5 Å². The Bertz CT molecular complexity index is 553. The van der Waals surface area contributed by atoms with Crippen molar-refractivity contribution in [2.45, 2.75) is 19.4 Å². The average molecular weight is 237 g/mol. The molecule has 0 saturated heterocycles. The average Bonchev–Trinajstić information content (AvgIpc) is 2.39. The minimum absolute atomic E-state index is 0.0869. The summed E-state index contributed by atoms with van der Waals surface area (Å²) in [6.45, 7) is 4.23. The molecule has 0 unspecified atom stereocenters. The number of anilines is 1. The van der Waals surface area contributed by atoms with Gasteiger partial charge in [-0.05, 0) is 25.4 Å². The SMILES string of the molecule is CC1(C)OB(c2ccccc2)Nc2ccccc21. The van der Waals surface area contributed by atoms with E-state index >= 15 is 0 Å². The van der Waals surface area contributed by atoms with Crippen LogP contribution in [0.4, 0.5) is 5.69 Å². The van der Waals surface area contributed by atoms with Crippen molar-refractivity contribution in [1.82, 2.24) is 0 Å². The van der Waals surface area contributed by atoms with Crippen LogP contribution in [0, 0.1) is 0 Å². The molecule has 1 N–H and O–H groups in total. The second kappa shape index (κ2) is 4.18. The first kappa shape index (κ1) is 11.4. The molecule has 1 aliphatic heterocycles. The lowest BCUT2D eigenvalue weighted by Crippen LogP contribution is -2.50. The molecular weight excluding hydrogens is 221 g/mol. The van der Waals surface area contributed by atoms with Crippen LogP contribution in [0.5, 0.6) is 0 Å². The van der Waals surface area contributed by atoms with Crippen molar-refractivity contribution in [2.24, 2.45) is 0 Å². The molecular formula is C15H16BNO. The van der Waals surface area contributed by atoms with E-state index in [0.717, 1.165) is 11.2 Å². The smallest absolute Gasteiger partial charge is 0.404 e. The van der Waals surface area contributed by atoms with Crippen molar-refractivity contribution in [1.29, 1.82) is 0 Å². The van der Waals surface area contributed by atoms with Crippen LogP contribution in [0.2, 0.25) is 0 Å². The van der Waals surface area contributed by atoms with E-state index in [1.165, 1.54) is 5.56 Å². The first-order chi connectivity index (χ1) is 8.67. The molecule has 0 spiro atoms. The summed E-state index contributed by atoms with van der Waals surface area (Å²) in [5, 5.41) is 3.45. The fourth-order valence-corrected chi connectivity index (χ4v) is 2.44. The molecule has 18 heavy (non-hydrogen) atoms. The zero-order chi connectivity index (χ0) is 12.6. The lowest BCUT2D eigenvalue weighted by atomic mass is 9.69. The third-order valence-electron chi connectivity index (χ3n) is 3.38. The molecule has 1 heterocycles. The zero-order valence-corrected chi connectivity index (χ0v) is 10.7. The van der Waals surface area contributed by atoms with Crippen molar-refractivity contribution in [3.8, 4) is 0 Å². The number of para-hydroxylation sites is 1. The molecule has 0 amide bonds. The zero-order valence-electron chi connectivity index (χ0n) is 10.7. The van der Waals surface area contributed by atoms with Gasteiger partial charge < -0.3 is 9.88 Å². The van der Waals surface area contributed by atoms with Gasteiger partial charge in [-0.3, -0.25) is 0 Å². The highest BCUT2D eigenvalue weighted by Gasteiger charge is 2.36. The van der Waals surface area contributed by atoms with Gasteiger partial charge in [0.15, 0.2) is 0 Å². The summed E-state index contributed by atoms with van der Waals surface area (Å²) >= 11 is 0. The molecule has 0 aromatic heterocycles. The van der Waals surface area contributed by atoms with Crippen molar-refractivity contribution in [3.05, 3.63) is 60.2 Å². The molecule has 1 aliphatic rings. The Hall–Kier alpha value is -1.74. The Balaban J connectivity index is 2.01. The molecule has 0 aliphatic carbocycles. The topological polar surface area (TPSA) is 21.3 Å². The summed E-state index contributed by atoms with van der Waals surface area (Å²) in [6, 6.07) is 18.6. The minimum Gasteiger partial charge on any atom is -0.404 e. The van der Waals surface area contributed by atoms with Gasteiger partial charge >= 0.3 is 7.05 Å². The summed E-state index contributed by atoms with van der Waals surface area (Å²) in [7, 11) is -0.0869. The molecule has 2 aromatic rings. The fraction of sp³-hybridized carbons (Fsp3) is 0.200. The second-order valence-corrected chi connectivity index (χ2v) is 5.11. The molecule has 90 valence electrons. The molecule has 0 saturated carbocycles. The van der Waals surface area contributed by atoms with E-state index in [1.807, 2.05) is 18.2 Å². The van der Waals surface area contributed by atoms with Crippen LogP contribution in [0.1, 0.15) is 19.4 Å². The number of fused-ring (bicyclic) bond motifs is 1. The monoisotopic (exact) mass is 237 g/mol. The normalized spacial score (nSPS) is 16.9. The first-order valence-electron chi connectivity index (χ1n) is 6.26. The quantitative estimate of drug-likeness (QED) is 0.770. The highest BCUT2D eigenvalue weighted by atomic mass is 16.5. The summed E-state index contributed by atoms with van der Waals surface area (Å²) in [5.74, 6) is 0. The van der Waals surface area contributed by atoms with Gasteiger partial charge in [-0.2, -0.15) is 0 Å². The summed E-state index contributed by atoms with van der Waals surface area (Å²) in [5.41, 5.74) is 3.24. The Morgan fingerprint density at radius 3 is 2.39 bits per heavy atom. The fourth-order valence-electron chi connectivity index (χ4n) is 2.44. The summed E-state index contributed by atoms with van der Waals surface area (Å²) in [6.07, 6.45) is 0. The van der Waals surface area contributed by atoms with Gasteiger partial charge in [-0.15, -0.1) is 0 Å². The molecule has 0 bridgehead atoms. The van der Waals surface area contributed by atoms with Crippen LogP contribution in [0.15, 0.2) is 54.6 Å². The Morgan fingerprint density at radius 2 is 1.61 bits per heavy atom. The van der Waals surface area contributed by atoms with Crippen LogP contribution < -0.4 is 10.7 Å². The highest BCUT2D eigenvalue weighted by Crippen LogP contribution is 2.35. The predicted molar refractivity (Wildman–Crippen MR) is 76.0 cm³/mol. The van der Waals surface area contributed by atoms with Gasteiger partial charge in [0.1, 0.15) is 0 Å². The van der Waals surface area contributed by atoms with E-state index < -0.39 is 0 Å². The largest absolute Gasteiger partial charge is 0.449 e. The molecule has 3 heteroatoms. The summed E-state index contributed by atoms with van der Waals surface area (Å²) < 4.78 is 6.18. The summed E-state index contributed by atoms with van der Waals surface area (Å²) in [4.78, 5) is 0. The van der Waals surface area contributed by atoms with Crippen LogP contribution in [-0.4, -0.2) is 7.05 Å². The van der Waals surface area contributed by atoms with Crippen molar-refractivity contribution in [2.75, 3.05) is 5.23 Å². The number of hydrogen-bond donors (Lipinski definition) is 1. The van der Waals surface area contributed by atoms with Crippen LogP contribution in [-0.2, 0) is 10.3 Å². The molecule has 0 radical (unpaired) electrons. The molecule has 0 atom stereocenters. The first-order valence-corrected chi connectivity index (χ1v) is 6.26. The lowest BCUT2D eigenvalue weighted by molar-refractivity contribution is 0.108.